The monoisotopic (exact) mass is 285 g/mol. The Labute approximate surface area is 123 Å². The number of nitrogens with zero attached hydrogens (tertiary/aromatic N) is 1. The fourth-order valence-electron chi connectivity index (χ4n) is 3.58. The van der Waals surface area contributed by atoms with Gasteiger partial charge in [0.15, 0.2) is 5.13 Å². The normalized spacial score (nSPS) is 24.4. The standard InChI is InChI=1S/C16H19N3S/c17-15-19-13-6-7-16(18,9-14(13)20-15)12-5-4-10-2-1-3-11(10)8-12/h4-5,8H,1-3,6-7,9,18H2,(H2,17,19). The zero-order valence-electron chi connectivity index (χ0n) is 11.5. The van der Waals surface area contributed by atoms with Crippen LogP contribution in [0.3, 0.4) is 0 Å². The van der Waals surface area contributed by atoms with Crippen LogP contribution in [0.4, 0.5) is 5.13 Å². The van der Waals surface area contributed by atoms with E-state index in [0.717, 1.165) is 25.0 Å². The summed E-state index contributed by atoms with van der Waals surface area (Å²) < 4.78 is 0. The second kappa shape index (κ2) is 4.30. The van der Waals surface area contributed by atoms with Gasteiger partial charge >= 0.3 is 0 Å². The van der Waals surface area contributed by atoms with Gasteiger partial charge in [-0.3, -0.25) is 0 Å². The molecule has 4 heteroatoms. The Hall–Kier alpha value is -1.39. The Kier molecular flexibility index (Phi) is 2.66. The van der Waals surface area contributed by atoms with E-state index in [0.29, 0.717) is 5.13 Å². The number of fused-ring (bicyclic) bond motifs is 2. The van der Waals surface area contributed by atoms with E-state index in [-0.39, 0.29) is 5.54 Å². The van der Waals surface area contributed by atoms with Gasteiger partial charge in [-0.15, -0.1) is 11.3 Å². The molecule has 0 bridgehead atoms. The second-order valence-corrected chi connectivity index (χ2v) is 7.21. The minimum atomic E-state index is -0.246. The Bertz CT molecular complexity index is 676. The molecular formula is C16H19N3S. The topological polar surface area (TPSA) is 64.9 Å². The van der Waals surface area contributed by atoms with E-state index < -0.39 is 0 Å². The second-order valence-electron chi connectivity index (χ2n) is 6.09. The number of hydrogen-bond acceptors (Lipinski definition) is 4. The molecule has 1 unspecified atom stereocenters. The van der Waals surface area contributed by atoms with Crippen LogP contribution < -0.4 is 11.5 Å². The third-order valence-electron chi connectivity index (χ3n) is 4.75. The van der Waals surface area contributed by atoms with Crippen molar-refractivity contribution >= 4 is 16.5 Å². The zero-order valence-corrected chi connectivity index (χ0v) is 12.3. The molecule has 1 aromatic heterocycles. The van der Waals surface area contributed by atoms with E-state index in [4.69, 9.17) is 11.5 Å². The van der Waals surface area contributed by atoms with Crippen molar-refractivity contribution in [1.29, 1.82) is 0 Å². The number of benzene rings is 1. The smallest absolute Gasteiger partial charge is 0.180 e. The lowest BCUT2D eigenvalue weighted by atomic mass is 9.78. The average Bonchev–Trinajstić information content (AvgIpc) is 3.02. The lowest BCUT2D eigenvalue weighted by Gasteiger charge is -2.33. The van der Waals surface area contributed by atoms with Gasteiger partial charge in [-0.25, -0.2) is 4.98 Å². The first kappa shape index (κ1) is 12.4. The van der Waals surface area contributed by atoms with Crippen molar-refractivity contribution < 1.29 is 0 Å². The highest BCUT2D eigenvalue weighted by molar-refractivity contribution is 7.15. The molecule has 1 atom stereocenters. The minimum Gasteiger partial charge on any atom is -0.375 e. The molecule has 2 aromatic rings. The van der Waals surface area contributed by atoms with Crippen LogP contribution in [0, 0.1) is 0 Å². The van der Waals surface area contributed by atoms with Gasteiger partial charge in [0, 0.05) is 16.8 Å². The van der Waals surface area contributed by atoms with Gasteiger partial charge in [0.1, 0.15) is 0 Å². The van der Waals surface area contributed by atoms with Gasteiger partial charge < -0.3 is 11.5 Å². The number of aryl methyl sites for hydroxylation is 3. The molecule has 104 valence electrons. The molecule has 4 rings (SSSR count). The lowest BCUT2D eigenvalue weighted by Crippen LogP contribution is -2.41. The van der Waals surface area contributed by atoms with Crippen molar-refractivity contribution in [3.05, 3.63) is 45.5 Å². The van der Waals surface area contributed by atoms with Crippen molar-refractivity contribution in [2.24, 2.45) is 5.73 Å². The van der Waals surface area contributed by atoms with E-state index in [2.05, 4.69) is 23.2 Å². The van der Waals surface area contributed by atoms with Gasteiger partial charge in [0.25, 0.3) is 0 Å². The first-order chi connectivity index (χ1) is 9.64. The average molecular weight is 285 g/mol. The summed E-state index contributed by atoms with van der Waals surface area (Å²) in [5.41, 5.74) is 17.8. The fourth-order valence-corrected chi connectivity index (χ4v) is 4.58. The van der Waals surface area contributed by atoms with Gasteiger partial charge in [0.05, 0.1) is 5.69 Å². The van der Waals surface area contributed by atoms with Crippen LogP contribution in [0.2, 0.25) is 0 Å². The summed E-state index contributed by atoms with van der Waals surface area (Å²) in [5, 5.41) is 0.674. The maximum absolute atomic E-state index is 6.74. The van der Waals surface area contributed by atoms with Crippen LogP contribution in [-0.4, -0.2) is 4.98 Å². The fraction of sp³-hybridized carbons (Fsp3) is 0.438. The number of thiazole rings is 1. The maximum atomic E-state index is 6.74. The molecule has 0 saturated carbocycles. The molecule has 1 aromatic carbocycles. The summed E-state index contributed by atoms with van der Waals surface area (Å²) in [6, 6.07) is 6.86. The van der Waals surface area contributed by atoms with Crippen molar-refractivity contribution in [1.82, 2.24) is 4.98 Å². The van der Waals surface area contributed by atoms with Crippen molar-refractivity contribution in [2.75, 3.05) is 5.73 Å². The Morgan fingerprint density at radius 3 is 2.90 bits per heavy atom. The molecule has 0 aliphatic heterocycles. The summed E-state index contributed by atoms with van der Waals surface area (Å²) in [6.07, 6.45) is 6.49. The molecule has 0 radical (unpaired) electrons. The third kappa shape index (κ3) is 1.86. The zero-order chi connectivity index (χ0) is 13.7. The van der Waals surface area contributed by atoms with Crippen molar-refractivity contribution in [3.8, 4) is 0 Å². The Morgan fingerprint density at radius 1 is 1.15 bits per heavy atom. The molecule has 0 amide bonds. The minimum absolute atomic E-state index is 0.246. The van der Waals surface area contributed by atoms with E-state index in [9.17, 15) is 0 Å². The Morgan fingerprint density at radius 2 is 2.00 bits per heavy atom. The summed E-state index contributed by atoms with van der Waals surface area (Å²) >= 11 is 1.60. The van der Waals surface area contributed by atoms with E-state index >= 15 is 0 Å². The predicted molar refractivity (Wildman–Crippen MR) is 82.9 cm³/mol. The van der Waals surface area contributed by atoms with E-state index in [1.54, 1.807) is 11.3 Å². The number of aromatic nitrogens is 1. The Balaban J connectivity index is 1.71. The highest BCUT2D eigenvalue weighted by Gasteiger charge is 2.34. The maximum Gasteiger partial charge on any atom is 0.180 e. The molecule has 3 nitrogen and oxygen atoms in total. The largest absolute Gasteiger partial charge is 0.375 e. The number of rotatable bonds is 1. The molecule has 4 N–H and O–H groups in total. The highest BCUT2D eigenvalue weighted by Crippen LogP contribution is 2.38. The first-order valence-corrected chi connectivity index (χ1v) is 8.11. The number of hydrogen-bond donors (Lipinski definition) is 2. The van der Waals surface area contributed by atoms with Crippen LogP contribution in [0.25, 0.3) is 0 Å². The van der Waals surface area contributed by atoms with Gasteiger partial charge in [-0.05, 0) is 48.8 Å². The molecule has 0 fully saturated rings. The van der Waals surface area contributed by atoms with E-state index in [1.165, 1.54) is 40.8 Å². The van der Waals surface area contributed by atoms with Gasteiger partial charge in [-0.1, -0.05) is 18.2 Å². The van der Waals surface area contributed by atoms with Crippen LogP contribution >= 0.6 is 11.3 Å². The first-order valence-electron chi connectivity index (χ1n) is 7.29. The predicted octanol–water partition coefficient (Wildman–Crippen LogP) is 2.56. The third-order valence-corrected chi connectivity index (χ3v) is 5.68. The summed E-state index contributed by atoms with van der Waals surface area (Å²) in [6.45, 7) is 0. The SMILES string of the molecule is Nc1nc2c(s1)CC(N)(c1ccc3c(c1)CCC3)CC2. The van der Waals surface area contributed by atoms with Crippen LogP contribution in [-0.2, 0) is 31.2 Å². The number of anilines is 1. The molecule has 2 aliphatic carbocycles. The summed E-state index contributed by atoms with van der Waals surface area (Å²) in [4.78, 5) is 5.68. The molecule has 2 aliphatic rings. The van der Waals surface area contributed by atoms with Gasteiger partial charge in [0.2, 0.25) is 0 Å². The van der Waals surface area contributed by atoms with E-state index in [1.807, 2.05) is 0 Å². The highest BCUT2D eigenvalue weighted by atomic mass is 32.1. The summed E-state index contributed by atoms with van der Waals surface area (Å²) in [7, 11) is 0. The molecule has 0 saturated heterocycles. The molecular weight excluding hydrogens is 266 g/mol. The van der Waals surface area contributed by atoms with Crippen molar-refractivity contribution in [2.45, 2.75) is 44.1 Å². The molecule has 0 spiro atoms. The molecule has 1 heterocycles. The van der Waals surface area contributed by atoms with Crippen molar-refractivity contribution in [3.63, 3.8) is 0 Å². The van der Waals surface area contributed by atoms with Gasteiger partial charge in [-0.2, -0.15) is 0 Å². The van der Waals surface area contributed by atoms with Crippen LogP contribution in [0.5, 0.6) is 0 Å². The molecule has 20 heavy (non-hydrogen) atoms. The summed E-state index contributed by atoms with van der Waals surface area (Å²) in [5.74, 6) is 0. The van der Waals surface area contributed by atoms with Crippen LogP contribution in [0.1, 0.15) is 40.1 Å². The number of nitrogens with two attached hydrogens (primary N) is 2. The number of nitrogen functional groups attached to an aromatic ring is 1. The lowest BCUT2D eigenvalue weighted by molar-refractivity contribution is 0.386. The quantitative estimate of drug-likeness (QED) is 0.846. The van der Waals surface area contributed by atoms with Crippen LogP contribution in [0.15, 0.2) is 18.2 Å².